The summed E-state index contributed by atoms with van der Waals surface area (Å²) in [6.45, 7) is 3.14. The number of aromatic nitrogens is 1. The smallest absolute Gasteiger partial charge is 0.140 e. The summed E-state index contributed by atoms with van der Waals surface area (Å²) in [7, 11) is 1.71. The first-order chi connectivity index (χ1) is 8.78. The molecule has 1 aromatic heterocycles. The lowest BCUT2D eigenvalue weighted by Crippen LogP contribution is -2.27. The number of ether oxygens (including phenoxy) is 1. The van der Waals surface area contributed by atoms with Gasteiger partial charge in [-0.3, -0.25) is 4.98 Å². The normalized spacial score (nSPS) is 26.7. The Hall–Kier alpha value is -1.35. The van der Waals surface area contributed by atoms with E-state index in [4.69, 9.17) is 4.74 Å². The first-order valence-electron chi connectivity index (χ1n) is 6.73. The maximum atomic E-state index is 5.36. The van der Waals surface area contributed by atoms with Gasteiger partial charge in [-0.1, -0.05) is 6.08 Å². The van der Waals surface area contributed by atoms with Crippen LogP contribution in [0.1, 0.15) is 30.5 Å². The average molecular weight is 244 g/mol. The maximum absolute atomic E-state index is 5.36. The molecular formula is C15H20N2O. The summed E-state index contributed by atoms with van der Waals surface area (Å²) in [5, 5.41) is 3.57. The zero-order valence-corrected chi connectivity index (χ0v) is 11.1. The minimum absolute atomic E-state index is 0.570. The lowest BCUT2D eigenvalue weighted by Gasteiger charge is -2.24. The van der Waals surface area contributed by atoms with Gasteiger partial charge in [0.15, 0.2) is 0 Å². The van der Waals surface area contributed by atoms with Gasteiger partial charge < -0.3 is 10.1 Å². The van der Waals surface area contributed by atoms with Crippen LogP contribution in [0.4, 0.5) is 0 Å². The highest BCUT2D eigenvalue weighted by Crippen LogP contribution is 2.35. The molecule has 2 aliphatic rings. The fourth-order valence-electron chi connectivity index (χ4n) is 3.08. The molecule has 2 heterocycles. The monoisotopic (exact) mass is 244 g/mol. The Morgan fingerprint density at radius 2 is 2.28 bits per heavy atom. The molecule has 2 atom stereocenters. The molecule has 0 bridgehead atoms. The predicted molar refractivity (Wildman–Crippen MR) is 72.6 cm³/mol. The fraction of sp³-hybridized carbons (Fsp3) is 0.533. The van der Waals surface area contributed by atoms with E-state index in [1.165, 1.54) is 24.0 Å². The Kier molecular flexibility index (Phi) is 3.08. The van der Waals surface area contributed by atoms with Crippen molar-refractivity contribution in [3.63, 3.8) is 0 Å². The van der Waals surface area contributed by atoms with E-state index < -0.39 is 0 Å². The molecule has 0 radical (unpaired) electrons. The van der Waals surface area contributed by atoms with Crippen molar-refractivity contribution in [2.45, 2.75) is 32.2 Å². The average Bonchev–Trinajstić information content (AvgIpc) is 2.86. The molecule has 3 nitrogen and oxygen atoms in total. The van der Waals surface area contributed by atoms with Crippen LogP contribution in [-0.2, 0) is 0 Å². The van der Waals surface area contributed by atoms with Crippen LogP contribution in [0.3, 0.4) is 0 Å². The highest BCUT2D eigenvalue weighted by atomic mass is 16.5. The molecule has 0 amide bonds. The fourth-order valence-corrected chi connectivity index (χ4v) is 3.08. The van der Waals surface area contributed by atoms with Crippen molar-refractivity contribution in [1.82, 2.24) is 10.3 Å². The molecule has 1 saturated heterocycles. The van der Waals surface area contributed by atoms with E-state index in [9.17, 15) is 0 Å². The SMILES string of the molecule is COc1cc(C2=CC3NCCC3CC2)cnc1C. The van der Waals surface area contributed by atoms with E-state index in [-0.39, 0.29) is 0 Å². The molecule has 0 spiro atoms. The van der Waals surface area contributed by atoms with Crippen LogP contribution in [0.5, 0.6) is 5.75 Å². The molecule has 1 fully saturated rings. The number of hydrogen-bond donors (Lipinski definition) is 1. The number of aryl methyl sites for hydroxylation is 1. The Balaban J connectivity index is 1.90. The first-order valence-corrected chi connectivity index (χ1v) is 6.73. The molecule has 1 aromatic rings. The van der Waals surface area contributed by atoms with Crippen LogP contribution in [0.15, 0.2) is 18.3 Å². The highest BCUT2D eigenvalue weighted by Gasteiger charge is 2.29. The predicted octanol–water partition coefficient (Wildman–Crippen LogP) is 2.55. The third kappa shape index (κ3) is 2.03. The van der Waals surface area contributed by atoms with Crippen molar-refractivity contribution < 1.29 is 4.74 Å². The van der Waals surface area contributed by atoms with Gasteiger partial charge in [-0.2, -0.15) is 0 Å². The van der Waals surface area contributed by atoms with Crippen LogP contribution < -0.4 is 10.1 Å². The van der Waals surface area contributed by atoms with Gasteiger partial charge >= 0.3 is 0 Å². The first kappa shape index (κ1) is 11.7. The Labute approximate surface area is 108 Å². The van der Waals surface area contributed by atoms with Crippen molar-refractivity contribution in [2.24, 2.45) is 5.92 Å². The molecule has 0 aromatic carbocycles. The zero-order valence-electron chi connectivity index (χ0n) is 11.1. The largest absolute Gasteiger partial charge is 0.495 e. The zero-order chi connectivity index (χ0) is 12.5. The number of hydrogen-bond acceptors (Lipinski definition) is 3. The van der Waals surface area contributed by atoms with E-state index in [1.807, 2.05) is 13.1 Å². The van der Waals surface area contributed by atoms with Gasteiger partial charge in [0.05, 0.1) is 12.8 Å². The number of methoxy groups -OCH3 is 1. The van der Waals surface area contributed by atoms with E-state index in [1.54, 1.807) is 7.11 Å². The summed E-state index contributed by atoms with van der Waals surface area (Å²) in [4.78, 5) is 4.42. The summed E-state index contributed by atoms with van der Waals surface area (Å²) in [6.07, 6.45) is 8.15. The quantitative estimate of drug-likeness (QED) is 0.868. The van der Waals surface area contributed by atoms with Gasteiger partial charge in [0.25, 0.3) is 0 Å². The Morgan fingerprint density at radius 3 is 3.11 bits per heavy atom. The molecule has 1 aliphatic heterocycles. The second kappa shape index (κ2) is 4.73. The van der Waals surface area contributed by atoms with Crippen molar-refractivity contribution in [3.05, 3.63) is 29.6 Å². The van der Waals surface area contributed by atoms with Gasteiger partial charge in [0.1, 0.15) is 5.75 Å². The van der Waals surface area contributed by atoms with Crippen molar-refractivity contribution in [1.29, 1.82) is 0 Å². The van der Waals surface area contributed by atoms with E-state index in [2.05, 4.69) is 22.4 Å². The Bertz CT molecular complexity index is 481. The maximum Gasteiger partial charge on any atom is 0.140 e. The number of allylic oxidation sites excluding steroid dienone is 1. The minimum Gasteiger partial charge on any atom is -0.495 e. The third-order valence-corrected chi connectivity index (χ3v) is 4.20. The van der Waals surface area contributed by atoms with Gasteiger partial charge in [-0.25, -0.2) is 0 Å². The van der Waals surface area contributed by atoms with Gasteiger partial charge in [0, 0.05) is 12.2 Å². The van der Waals surface area contributed by atoms with Crippen LogP contribution in [0.25, 0.3) is 5.57 Å². The molecule has 1 N–H and O–H groups in total. The standard InChI is InChI=1S/C15H20N2O/c1-10-15(18-2)8-13(9-17-10)12-4-3-11-5-6-16-14(11)7-12/h7-9,11,14,16H,3-6H2,1-2H3. The summed E-state index contributed by atoms with van der Waals surface area (Å²) in [5.74, 6) is 1.73. The van der Waals surface area contributed by atoms with Crippen LogP contribution in [0.2, 0.25) is 0 Å². The molecule has 3 heteroatoms. The van der Waals surface area contributed by atoms with E-state index in [0.29, 0.717) is 6.04 Å². The van der Waals surface area contributed by atoms with E-state index >= 15 is 0 Å². The summed E-state index contributed by atoms with van der Waals surface area (Å²) in [6, 6.07) is 2.68. The lowest BCUT2D eigenvalue weighted by atomic mass is 9.84. The van der Waals surface area contributed by atoms with Crippen LogP contribution in [-0.4, -0.2) is 24.7 Å². The molecule has 96 valence electrons. The number of pyridine rings is 1. The highest BCUT2D eigenvalue weighted by molar-refractivity contribution is 5.68. The van der Waals surface area contributed by atoms with Crippen molar-refractivity contribution >= 4 is 5.57 Å². The Morgan fingerprint density at radius 1 is 1.39 bits per heavy atom. The number of rotatable bonds is 2. The molecule has 2 unspecified atom stereocenters. The van der Waals surface area contributed by atoms with E-state index in [0.717, 1.165) is 30.3 Å². The molecule has 18 heavy (non-hydrogen) atoms. The third-order valence-electron chi connectivity index (χ3n) is 4.20. The summed E-state index contributed by atoms with van der Waals surface area (Å²) < 4.78 is 5.36. The molecule has 1 aliphatic carbocycles. The number of nitrogens with one attached hydrogen (secondary N) is 1. The number of fused-ring (bicyclic) bond motifs is 1. The minimum atomic E-state index is 0.570. The lowest BCUT2D eigenvalue weighted by molar-refractivity contribution is 0.409. The summed E-state index contributed by atoms with van der Waals surface area (Å²) >= 11 is 0. The van der Waals surface area contributed by atoms with Gasteiger partial charge in [-0.15, -0.1) is 0 Å². The second-order valence-electron chi connectivity index (χ2n) is 5.27. The molecule has 0 saturated carbocycles. The van der Waals surface area contributed by atoms with Crippen molar-refractivity contribution in [3.8, 4) is 5.75 Å². The van der Waals surface area contributed by atoms with Crippen LogP contribution >= 0.6 is 0 Å². The van der Waals surface area contributed by atoms with Crippen molar-refractivity contribution in [2.75, 3.05) is 13.7 Å². The van der Waals surface area contributed by atoms with Gasteiger partial charge in [0.2, 0.25) is 0 Å². The van der Waals surface area contributed by atoms with Gasteiger partial charge in [-0.05, 0) is 55.9 Å². The molecular weight excluding hydrogens is 224 g/mol. The van der Waals surface area contributed by atoms with Crippen LogP contribution in [0, 0.1) is 12.8 Å². The topological polar surface area (TPSA) is 34.1 Å². The molecule has 3 rings (SSSR count). The summed E-state index contributed by atoms with van der Waals surface area (Å²) in [5.41, 5.74) is 3.58. The number of nitrogens with zero attached hydrogens (tertiary/aromatic N) is 1. The second-order valence-corrected chi connectivity index (χ2v) is 5.27.